The summed E-state index contributed by atoms with van der Waals surface area (Å²) in [5.74, 6) is 0.892. The first-order valence-corrected chi connectivity index (χ1v) is 7.39. The van der Waals surface area contributed by atoms with Crippen LogP contribution in [0.1, 0.15) is 30.4 Å². The quantitative estimate of drug-likeness (QED) is 0.859. The van der Waals surface area contributed by atoms with E-state index in [-0.39, 0.29) is 6.03 Å². The van der Waals surface area contributed by atoms with E-state index in [2.05, 4.69) is 18.3 Å². The van der Waals surface area contributed by atoms with Crippen molar-refractivity contribution in [3.05, 3.63) is 29.3 Å². The minimum atomic E-state index is 0.0360. The lowest BCUT2D eigenvalue weighted by atomic mass is 10.1. The summed E-state index contributed by atoms with van der Waals surface area (Å²) >= 11 is 0. The van der Waals surface area contributed by atoms with E-state index in [1.165, 1.54) is 12.0 Å². The number of aryl methyl sites for hydroxylation is 2. The number of likely N-dealkylation sites (tertiary alicyclic amines) is 1. The Morgan fingerprint density at radius 3 is 2.70 bits per heavy atom. The Morgan fingerprint density at radius 2 is 2.00 bits per heavy atom. The maximum Gasteiger partial charge on any atom is 0.317 e. The minimum Gasteiger partial charge on any atom is -0.491 e. The first-order chi connectivity index (χ1) is 9.66. The molecule has 1 N–H and O–H groups in total. The second-order valence-corrected chi connectivity index (χ2v) is 5.40. The molecule has 2 amide bonds. The van der Waals surface area contributed by atoms with Crippen LogP contribution >= 0.6 is 0 Å². The summed E-state index contributed by atoms with van der Waals surface area (Å²) in [6, 6.07) is 6.15. The van der Waals surface area contributed by atoms with Crippen LogP contribution in [0.15, 0.2) is 18.2 Å². The lowest BCUT2D eigenvalue weighted by Gasteiger charge is -2.26. The highest BCUT2D eigenvalue weighted by molar-refractivity contribution is 5.74. The van der Waals surface area contributed by atoms with E-state index in [0.717, 1.165) is 37.2 Å². The van der Waals surface area contributed by atoms with Crippen LogP contribution in [0, 0.1) is 13.8 Å². The number of rotatable bonds is 4. The third kappa shape index (κ3) is 4.15. The molecule has 4 nitrogen and oxygen atoms in total. The summed E-state index contributed by atoms with van der Waals surface area (Å²) in [5.41, 5.74) is 2.36. The molecule has 1 heterocycles. The molecule has 2 rings (SSSR count). The number of hydrogen-bond acceptors (Lipinski definition) is 2. The Balaban J connectivity index is 1.69. The van der Waals surface area contributed by atoms with Gasteiger partial charge in [-0.1, -0.05) is 17.7 Å². The van der Waals surface area contributed by atoms with Gasteiger partial charge in [-0.05, 0) is 44.7 Å². The smallest absolute Gasteiger partial charge is 0.317 e. The molecular weight excluding hydrogens is 252 g/mol. The number of piperidine rings is 1. The van der Waals surface area contributed by atoms with E-state index in [1.807, 2.05) is 24.0 Å². The molecule has 0 spiro atoms. The summed E-state index contributed by atoms with van der Waals surface area (Å²) < 4.78 is 5.70. The number of carbonyl (C=O) groups is 1. The minimum absolute atomic E-state index is 0.0360. The van der Waals surface area contributed by atoms with Crippen molar-refractivity contribution >= 4 is 6.03 Å². The van der Waals surface area contributed by atoms with Crippen LogP contribution in [-0.4, -0.2) is 37.2 Å². The molecule has 0 atom stereocenters. The van der Waals surface area contributed by atoms with Gasteiger partial charge in [0.2, 0.25) is 0 Å². The van der Waals surface area contributed by atoms with Gasteiger partial charge in [-0.25, -0.2) is 4.79 Å². The highest BCUT2D eigenvalue weighted by Crippen LogP contribution is 2.18. The fourth-order valence-corrected chi connectivity index (χ4v) is 2.49. The van der Waals surface area contributed by atoms with Gasteiger partial charge in [0.15, 0.2) is 0 Å². The first-order valence-electron chi connectivity index (χ1n) is 7.39. The van der Waals surface area contributed by atoms with Gasteiger partial charge in [0.25, 0.3) is 0 Å². The number of benzene rings is 1. The number of nitrogens with zero attached hydrogens (tertiary/aromatic N) is 1. The maximum atomic E-state index is 11.9. The van der Waals surface area contributed by atoms with Crippen molar-refractivity contribution in [1.82, 2.24) is 10.2 Å². The molecule has 0 saturated carbocycles. The van der Waals surface area contributed by atoms with Crippen molar-refractivity contribution in [2.75, 3.05) is 26.2 Å². The van der Waals surface area contributed by atoms with Crippen molar-refractivity contribution in [1.29, 1.82) is 0 Å². The molecule has 1 fully saturated rings. The average molecular weight is 276 g/mol. The predicted octanol–water partition coefficient (Wildman–Crippen LogP) is 2.88. The van der Waals surface area contributed by atoms with Gasteiger partial charge in [-0.3, -0.25) is 0 Å². The Morgan fingerprint density at radius 1 is 1.25 bits per heavy atom. The Bertz CT molecular complexity index is 454. The predicted molar refractivity (Wildman–Crippen MR) is 80.2 cm³/mol. The van der Waals surface area contributed by atoms with Crippen LogP contribution in [0.5, 0.6) is 5.75 Å². The van der Waals surface area contributed by atoms with E-state index >= 15 is 0 Å². The zero-order chi connectivity index (χ0) is 14.4. The van der Waals surface area contributed by atoms with Gasteiger partial charge >= 0.3 is 6.03 Å². The van der Waals surface area contributed by atoms with Gasteiger partial charge in [0.1, 0.15) is 12.4 Å². The molecule has 0 aliphatic carbocycles. The summed E-state index contributed by atoms with van der Waals surface area (Å²) in [4.78, 5) is 13.8. The maximum absolute atomic E-state index is 11.9. The fraction of sp³-hybridized carbons (Fsp3) is 0.562. The molecule has 1 saturated heterocycles. The molecule has 4 heteroatoms. The number of nitrogens with one attached hydrogen (secondary N) is 1. The van der Waals surface area contributed by atoms with Gasteiger partial charge in [0, 0.05) is 13.1 Å². The number of amides is 2. The molecule has 1 aliphatic heterocycles. The molecule has 1 aliphatic rings. The summed E-state index contributed by atoms with van der Waals surface area (Å²) in [5, 5.41) is 2.92. The van der Waals surface area contributed by atoms with Crippen LogP contribution in [0.4, 0.5) is 4.79 Å². The molecule has 1 aromatic rings. The number of carbonyl (C=O) groups excluding carboxylic acids is 1. The van der Waals surface area contributed by atoms with Gasteiger partial charge in [-0.15, -0.1) is 0 Å². The third-order valence-electron chi connectivity index (χ3n) is 3.61. The summed E-state index contributed by atoms with van der Waals surface area (Å²) in [7, 11) is 0. The summed E-state index contributed by atoms with van der Waals surface area (Å²) in [6.07, 6.45) is 3.47. The molecule has 0 bridgehead atoms. The van der Waals surface area contributed by atoms with Crippen LogP contribution < -0.4 is 10.1 Å². The zero-order valence-electron chi connectivity index (χ0n) is 12.4. The van der Waals surface area contributed by atoms with Gasteiger partial charge < -0.3 is 15.0 Å². The van der Waals surface area contributed by atoms with Crippen molar-refractivity contribution in [2.45, 2.75) is 33.1 Å². The van der Waals surface area contributed by atoms with Crippen molar-refractivity contribution in [3.63, 3.8) is 0 Å². The third-order valence-corrected chi connectivity index (χ3v) is 3.61. The van der Waals surface area contributed by atoms with Crippen LogP contribution in [0.2, 0.25) is 0 Å². The van der Waals surface area contributed by atoms with Crippen molar-refractivity contribution < 1.29 is 9.53 Å². The van der Waals surface area contributed by atoms with E-state index in [1.54, 1.807) is 0 Å². The topological polar surface area (TPSA) is 41.6 Å². The lowest BCUT2D eigenvalue weighted by molar-refractivity contribution is 0.184. The first kappa shape index (κ1) is 14.7. The molecule has 1 aromatic carbocycles. The molecule has 0 unspecified atom stereocenters. The van der Waals surface area contributed by atoms with Gasteiger partial charge in [-0.2, -0.15) is 0 Å². The highest BCUT2D eigenvalue weighted by Gasteiger charge is 2.15. The Hall–Kier alpha value is -1.71. The normalized spacial score (nSPS) is 15.0. The zero-order valence-corrected chi connectivity index (χ0v) is 12.4. The Kier molecular flexibility index (Phi) is 5.27. The largest absolute Gasteiger partial charge is 0.491 e. The average Bonchev–Trinajstić information content (AvgIpc) is 2.46. The van der Waals surface area contributed by atoms with Crippen molar-refractivity contribution in [3.8, 4) is 5.75 Å². The monoisotopic (exact) mass is 276 g/mol. The summed E-state index contributed by atoms with van der Waals surface area (Å²) in [6.45, 7) is 6.91. The fourth-order valence-electron chi connectivity index (χ4n) is 2.49. The number of ether oxygens (including phenoxy) is 1. The van der Waals surface area contributed by atoms with E-state index < -0.39 is 0 Å². The molecule has 0 aromatic heterocycles. The van der Waals surface area contributed by atoms with Gasteiger partial charge in [0.05, 0.1) is 6.54 Å². The second kappa shape index (κ2) is 7.17. The second-order valence-electron chi connectivity index (χ2n) is 5.40. The molecule has 110 valence electrons. The number of urea groups is 1. The van der Waals surface area contributed by atoms with Crippen LogP contribution in [0.25, 0.3) is 0 Å². The van der Waals surface area contributed by atoms with E-state index in [0.29, 0.717) is 13.2 Å². The standard InChI is InChI=1S/C16H24N2O2/c1-13-6-7-15(14(2)12-13)20-11-8-17-16(19)18-9-4-3-5-10-18/h6-7,12H,3-5,8-11H2,1-2H3,(H,17,19). The molecule has 0 radical (unpaired) electrons. The molecular formula is C16H24N2O2. The Labute approximate surface area is 121 Å². The van der Waals surface area contributed by atoms with Crippen LogP contribution in [-0.2, 0) is 0 Å². The highest BCUT2D eigenvalue weighted by atomic mass is 16.5. The molecule has 20 heavy (non-hydrogen) atoms. The SMILES string of the molecule is Cc1ccc(OCCNC(=O)N2CCCCC2)c(C)c1. The van der Waals surface area contributed by atoms with E-state index in [4.69, 9.17) is 4.74 Å². The van der Waals surface area contributed by atoms with E-state index in [9.17, 15) is 4.79 Å². The lowest BCUT2D eigenvalue weighted by Crippen LogP contribution is -2.43. The van der Waals surface area contributed by atoms with Crippen molar-refractivity contribution in [2.24, 2.45) is 0 Å². The number of hydrogen-bond donors (Lipinski definition) is 1. The van der Waals surface area contributed by atoms with Crippen LogP contribution in [0.3, 0.4) is 0 Å².